The van der Waals surface area contributed by atoms with Crippen LogP contribution < -0.4 is 0 Å². The number of hydrogen-bond donors (Lipinski definition) is 0. The Morgan fingerprint density at radius 2 is 2.17 bits per heavy atom. The van der Waals surface area contributed by atoms with Crippen LogP contribution in [0.25, 0.3) is 0 Å². The first-order valence-electron chi connectivity index (χ1n) is 5.17. The summed E-state index contributed by atoms with van der Waals surface area (Å²) in [4.78, 5) is 0. The SMILES string of the molecule is CCO[C@@H]1CC[C@H]2CCC[C@H]2O1. The lowest BCUT2D eigenvalue weighted by atomic mass is 9.97. The van der Waals surface area contributed by atoms with E-state index in [4.69, 9.17) is 9.47 Å². The van der Waals surface area contributed by atoms with Crippen molar-refractivity contribution < 1.29 is 9.47 Å². The molecule has 2 aliphatic rings. The molecule has 12 heavy (non-hydrogen) atoms. The molecule has 0 aromatic carbocycles. The van der Waals surface area contributed by atoms with E-state index in [1.807, 2.05) is 6.92 Å². The van der Waals surface area contributed by atoms with Crippen LogP contribution in [-0.4, -0.2) is 19.0 Å². The van der Waals surface area contributed by atoms with Gasteiger partial charge in [0.1, 0.15) is 0 Å². The summed E-state index contributed by atoms with van der Waals surface area (Å²) in [5, 5.41) is 0. The number of rotatable bonds is 2. The van der Waals surface area contributed by atoms with Crippen LogP contribution in [0, 0.1) is 5.92 Å². The van der Waals surface area contributed by atoms with Crippen molar-refractivity contribution >= 4 is 0 Å². The summed E-state index contributed by atoms with van der Waals surface area (Å²) >= 11 is 0. The Balaban J connectivity index is 1.84. The van der Waals surface area contributed by atoms with Crippen molar-refractivity contribution in [1.82, 2.24) is 0 Å². The second kappa shape index (κ2) is 3.75. The molecule has 0 spiro atoms. The highest BCUT2D eigenvalue weighted by Gasteiger charge is 2.34. The van der Waals surface area contributed by atoms with Gasteiger partial charge in [-0.1, -0.05) is 6.42 Å². The molecule has 2 rings (SSSR count). The molecule has 0 aromatic heterocycles. The topological polar surface area (TPSA) is 18.5 Å². The van der Waals surface area contributed by atoms with Gasteiger partial charge in [-0.2, -0.15) is 0 Å². The molecule has 1 saturated carbocycles. The minimum atomic E-state index is 0.106. The predicted molar refractivity (Wildman–Crippen MR) is 46.9 cm³/mol. The quantitative estimate of drug-likeness (QED) is 0.633. The van der Waals surface area contributed by atoms with Crippen molar-refractivity contribution in [2.45, 2.75) is 51.4 Å². The van der Waals surface area contributed by atoms with E-state index in [9.17, 15) is 0 Å². The minimum Gasteiger partial charge on any atom is -0.353 e. The van der Waals surface area contributed by atoms with Gasteiger partial charge in [0.15, 0.2) is 6.29 Å². The average Bonchev–Trinajstić information content (AvgIpc) is 2.51. The third-order valence-electron chi connectivity index (χ3n) is 3.04. The summed E-state index contributed by atoms with van der Waals surface area (Å²) in [5.74, 6) is 0.849. The largest absolute Gasteiger partial charge is 0.353 e. The molecule has 0 N–H and O–H groups in total. The van der Waals surface area contributed by atoms with E-state index in [2.05, 4.69) is 0 Å². The number of hydrogen-bond acceptors (Lipinski definition) is 2. The zero-order valence-electron chi connectivity index (χ0n) is 7.79. The summed E-state index contributed by atoms with van der Waals surface area (Å²) in [6, 6.07) is 0. The highest BCUT2D eigenvalue weighted by atomic mass is 16.7. The average molecular weight is 170 g/mol. The van der Waals surface area contributed by atoms with Gasteiger partial charge >= 0.3 is 0 Å². The van der Waals surface area contributed by atoms with Gasteiger partial charge in [0.2, 0.25) is 0 Å². The molecule has 0 aromatic rings. The van der Waals surface area contributed by atoms with Crippen LogP contribution >= 0.6 is 0 Å². The lowest BCUT2D eigenvalue weighted by Gasteiger charge is -2.32. The Kier molecular flexibility index (Phi) is 2.66. The highest BCUT2D eigenvalue weighted by Crippen LogP contribution is 2.37. The van der Waals surface area contributed by atoms with Crippen LogP contribution in [0.2, 0.25) is 0 Å². The van der Waals surface area contributed by atoms with E-state index in [1.165, 1.54) is 25.7 Å². The molecule has 0 bridgehead atoms. The van der Waals surface area contributed by atoms with Gasteiger partial charge in [-0.25, -0.2) is 0 Å². The summed E-state index contributed by atoms with van der Waals surface area (Å²) in [5.41, 5.74) is 0. The second-order valence-corrected chi connectivity index (χ2v) is 3.83. The van der Waals surface area contributed by atoms with E-state index >= 15 is 0 Å². The maximum absolute atomic E-state index is 5.83. The molecule has 2 heteroatoms. The van der Waals surface area contributed by atoms with Crippen LogP contribution in [-0.2, 0) is 9.47 Å². The van der Waals surface area contributed by atoms with Gasteiger partial charge in [-0.3, -0.25) is 0 Å². The van der Waals surface area contributed by atoms with Crippen molar-refractivity contribution in [3.8, 4) is 0 Å². The zero-order chi connectivity index (χ0) is 8.39. The molecule has 3 atom stereocenters. The monoisotopic (exact) mass is 170 g/mol. The smallest absolute Gasteiger partial charge is 0.157 e. The molecule has 0 amide bonds. The van der Waals surface area contributed by atoms with E-state index in [-0.39, 0.29) is 6.29 Å². The van der Waals surface area contributed by atoms with E-state index in [1.54, 1.807) is 0 Å². The summed E-state index contributed by atoms with van der Waals surface area (Å²) < 4.78 is 11.3. The summed E-state index contributed by atoms with van der Waals surface area (Å²) in [6.07, 6.45) is 7.04. The fraction of sp³-hybridized carbons (Fsp3) is 1.00. The molecule has 0 unspecified atom stereocenters. The molecular weight excluding hydrogens is 152 g/mol. The van der Waals surface area contributed by atoms with Gasteiger partial charge in [0, 0.05) is 6.61 Å². The van der Waals surface area contributed by atoms with Gasteiger partial charge in [0.05, 0.1) is 6.10 Å². The van der Waals surface area contributed by atoms with Crippen LogP contribution in [0.3, 0.4) is 0 Å². The van der Waals surface area contributed by atoms with Crippen LogP contribution in [0.4, 0.5) is 0 Å². The van der Waals surface area contributed by atoms with Crippen molar-refractivity contribution in [3.05, 3.63) is 0 Å². The normalized spacial score (nSPS) is 41.2. The van der Waals surface area contributed by atoms with Crippen LogP contribution in [0.1, 0.15) is 39.0 Å². The Morgan fingerprint density at radius 3 is 3.00 bits per heavy atom. The van der Waals surface area contributed by atoms with E-state index in [0.717, 1.165) is 18.9 Å². The lowest BCUT2D eigenvalue weighted by molar-refractivity contribution is -0.201. The molecule has 1 heterocycles. The Morgan fingerprint density at radius 1 is 1.25 bits per heavy atom. The first-order valence-corrected chi connectivity index (χ1v) is 5.17. The molecule has 0 radical (unpaired) electrons. The third-order valence-corrected chi connectivity index (χ3v) is 3.04. The van der Waals surface area contributed by atoms with E-state index < -0.39 is 0 Å². The maximum atomic E-state index is 5.83. The van der Waals surface area contributed by atoms with Gasteiger partial charge in [0.25, 0.3) is 0 Å². The van der Waals surface area contributed by atoms with E-state index in [0.29, 0.717) is 6.10 Å². The Bertz CT molecular complexity index is 147. The standard InChI is InChI=1S/C10H18O2/c1-2-11-10-7-6-8-4-3-5-9(8)12-10/h8-10H,2-7H2,1H3/t8-,9-,10+/m1/s1. The van der Waals surface area contributed by atoms with Crippen molar-refractivity contribution in [2.75, 3.05) is 6.61 Å². The van der Waals surface area contributed by atoms with Crippen molar-refractivity contribution in [3.63, 3.8) is 0 Å². The minimum absolute atomic E-state index is 0.106. The molecule has 2 fully saturated rings. The fourth-order valence-corrected chi connectivity index (χ4v) is 2.43. The summed E-state index contributed by atoms with van der Waals surface area (Å²) in [6.45, 7) is 2.81. The third kappa shape index (κ3) is 1.64. The Labute approximate surface area is 74.2 Å². The van der Waals surface area contributed by atoms with Gasteiger partial charge < -0.3 is 9.47 Å². The first-order chi connectivity index (χ1) is 5.90. The Hall–Kier alpha value is -0.0800. The van der Waals surface area contributed by atoms with Gasteiger partial charge in [-0.05, 0) is 38.5 Å². The first kappa shape index (κ1) is 8.52. The maximum Gasteiger partial charge on any atom is 0.157 e. The van der Waals surface area contributed by atoms with Crippen molar-refractivity contribution in [2.24, 2.45) is 5.92 Å². The molecule has 1 aliphatic heterocycles. The zero-order valence-corrected chi connectivity index (χ0v) is 7.79. The molecule has 2 nitrogen and oxygen atoms in total. The lowest BCUT2D eigenvalue weighted by Crippen LogP contribution is -2.33. The number of fused-ring (bicyclic) bond motifs is 1. The summed E-state index contributed by atoms with van der Waals surface area (Å²) in [7, 11) is 0. The highest BCUT2D eigenvalue weighted by molar-refractivity contribution is 4.82. The molecular formula is C10H18O2. The van der Waals surface area contributed by atoms with Crippen LogP contribution in [0.15, 0.2) is 0 Å². The van der Waals surface area contributed by atoms with Crippen molar-refractivity contribution in [1.29, 1.82) is 0 Å². The molecule has 70 valence electrons. The predicted octanol–water partition coefficient (Wildman–Crippen LogP) is 2.33. The molecule has 1 aliphatic carbocycles. The second-order valence-electron chi connectivity index (χ2n) is 3.83. The van der Waals surface area contributed by atoms with Gasteiger partial charge in [-0.15, -0.1) is 0 Å². The number of ether oxygens (including phenoxy) is 2. The fourth-order valence-electron chi connectivity index (χ4n) is 2.43. The van der Waals surface area contributed by atoms with Crippen LogP contribution in [0.5, 0.6) is 0 Å². The molecule has 1 saturated heterocycles.